The van der Waals surface area contributed by atoms with Crippen LogP contribution < -0.4 is 4.90 Å². The number of rotatable bonds is 5. The van der Waals surface area contributed by atoms with Crippen LogP contribution >= 0.6 is 0 Å². The number of aromatic hydroxyl groups is 1. The van der Waals surface area contributed by atoms with Crippen molar-refractivity contribution in [3.05, 3.63) is 47.8 Å². The van der Waals surface area contributed by atoms with Crippen molar-refractivity contribution in [3.63, 3.8) is 0 Å². The number of Topliss-reactive ketones (excluding diaryl/α,β-unsaturated/α-hetero) is 1. The van der Waals surface area contributed by atoms with Crippen molar-refractivity contribution >= 4 is 17.4 Å². The number of aryl methyl sites for hydroxylation is 1. The Morgan fingerprint density at radius 3 is 2.38 bits per heavy atom. The lowest BCUT2D eigenvalue weighted by Gasteiger charge is -2.36. The number of anilines is 1. The van der Waals surface area contributed by atoms with E-state index in [2.05, 4.69) is 9.80 Å². The number of phenols is 1. The van der Waals surface area contributed by atoms with Gasteiger partial charge in [0.05, 0.1) is 11.3 Å². The van der Waals surface area contributed by atoms with Crippen LogP contribution in [0.25, 0.3) is 0 Å². The van der Waals surface area contributed by atoms with E-state index in [9.17, 15) is 14.7 Å². The van der Waals surface area contributed by atoms with Crippen molar-refractivity contribution in [2.24, 2.45) is 7.05 Å². The van der Waals surface area contributed by atoms with Crippen LogP contribution in [0, 0.1) is 0 Å². The number of hydrogen-bond acceptors (Lipinski definition) is 5. The smallest absolute Gasteiger partial charge is 0.256 e. The number of nitrogens with zero attached hydrogens (tertiary/aromatic N) is 4. The largest absolute Gasteiger partial charge is 0.508 e. The number of carbonyl (C=O) groups is 2. The first kappa shape index (κ1) is 19.5. The van der Waals surface area contributed by atoms with E-state index in [1.165, 1.54) is 0 Å². The lowest BCUT2D eigenvalue weighted by atomic mass is 10.1. The lowest BCUT2D eigenvalue weighted by Crippen LogP contribution is -2.47. The van der Waals surface area contributed by atoms with Crippen molar-refractivity contribution in [2.75, 3.05) is 50.7 Å². The average molecular weight is 396 g/mol. The van der Waals surface area contributed by atoms with Crippen molar-refractivity contribution in [1.82, 2.24) is 14.4 Å². The highest BCUT2D eigenvalue weighted by Gasteiger charge is 2.29. The van der Waals surface area contributed by atoms with Crippen molar-refractivity contribution in [1.29, 1.82) is 0 Å². The number of piperazine rings is 1. The van der Waals surface area contributed by atoms with Crippen molar-refractivity contribution in [2.45, 2.75) is 12.8 Å². The third-order valence-electron chi connectivity index (χ3n) is 5.95. The summed E-state index contributed by atoms with van der Waals surface area (Å²) in [6.07, 6.45) is 3.08. The zero-order chi connectivity index (χ0) is 20.4. The fourth-order valence-corrected chi connectivity index (χ4v) is 4.27. The van der Waals surface area contributed by atoms with E-state index >= 15 is 0 Å². The van der Waals surface area contributed by atoms with Gasteiger partial charge < -0.3 is 19.5 Å². The van der Waals surface area contributed by atoms with E-state index in [0.717, 1.165) is 44.8 Å². The second-order valence-electron chi connectivity index (χ2n) is 7.85. The summed E-state index contributed by atoms with van der Waals surface area (Å²) >= 11 is 0. The van der Waals surface area contributed by atoms with Gasteiger partial charge in [0.25, 0.3) is 5.91 Å². The van der Waals surface area contributed by atoms with Gasteiger partial charge in [-0.2, -0.15) is 0 Å². The molecule has 7 heteroatoms. The zero-order valence-corrected chi connectivity index (χ0v) is 16.9. The molecule has 0 bridgehead atoms. The normalized spacial score (nSPS) is 18.1. The minimum absolute atomic E-state index is 0.0244. The molecule has 0 unspecified atom stereocenters. The van der Waals surface area contributed by atoms with Crippen LogP contribution in [0.5, 0.6) is 5.75 Å². The van der Waals surface area contributed by atoms with E-state index in [1.54, 1.807) is 29.0 Å². The van der Waals surface area contributed by atoms with Gasteiger partial charge in [0.2, 0.25) is 0 Å². The SMILES string of the molecule is Cn1ccc2c1C(=O)CCN(CCCN1CCN(c3ccc(O)cc3)CC1)C2=O. The van der Waals surface area contributed by atoms with Gasteiger partial charge in [-0.25, -0.2) is 0 Å². The third kappa shape index (κ3) is 4.15. The Kier molecular flexibility index (Phi) is 5.58. The standard InChI is InChI=1S/C22H28N4O3/c1-23-11-7-19-21(23)20(28)8-12-26(22(19)29)10-2-9-24-13-15-25(16-14-24)17-3-5-18(27)6-4-17/h3-7,11,27H,2,8-10,12-16H2,1H3. The van der Waals surface area contributed by atoms with E-state index < -0.39 is 0 Å². The fraction of sp³-hybridized carbons (Fsp3) is 0.455. The van der Waals surface area contributed by atoms with Gasteiger partial charge in [-0.3, -0.25) is 14.5 Å². The number of benzene rings is 1. The van der Waals surface area contributed by atoms with Gasteiger partial charge in [0, 0.05) is 64.6 Å². The first-order chi connectivity index (χ1) is 14.0. The third-order valence-corrected chi connectivity index (χ3v) is 5.95. The Labute approximate surface area is 171 Å². The van der Waals surface area contributed by atoms with Crippen LogP contribution in [0.4, 0.5) is 5.69 Å². The second-order valence-corrected chi connectivity index (χ2v) is 7.85. The molecule has 0 saturated carbocycles. The summed E-state index contributed by atoms with van der Waals surface area (Å²) in [4.78, 5) is 31.8. The zero-order valence-electron chi connectivity index (χ0n) is 16.9. The van der Waals surface area contributed by atoms with E-state index in [-0.39, 0.29) is 11.7 Å². The van der Waals surface area contributed by atoms with Gasteiger partial charge in [-0.1, -0.05) is 0 Å². The number of aromatic nitrogens is 1. The predicted molar refractivity (Wildman–Crippen MR) is 112 cm³/mol. The summed E-state index contributed by atoms with van der Waals surface area (Å²) in [6, 6.07) is 9.12. The monoisotopic (exact) mass is 396 g/mol. The maximum Gasteiger partial charge on any atom is 0.256 e. The van der Waals surface area contributed by atoms with E-state index in [4.69, 9.17) is 0 Å². The summed E-state index contributed by atoms with van der Waals surface area (Å²) < 4.78 is 1.76. The molecule has 7 nitrogen and oxygen atoms in total. The Hall–Kier alpha value is -2.80. The first-order valence-electron chi connectivity index (χ1n) is 10.3. The Bertz CT molecular complexity index is 882. The number of carbonyl (C=O) groups excluding carboxylic acids is 2. The van der Waals surface area contributed by atoms with Crippen LogP contribution in [0.3, 0.4) is 0 Å². The Morgan fingerprint density at radius 1 is 0.931 bits per heavy atom. The molecular weight excluding hydrogens is 368 g/mol. The quantitative estimate of drug-likeness (QED) is 0.837. The lowest BCUT2D eigenvalue weighted by molar-refractivity contribution is 0.0750. The average Bonchev–Trinajstić information content (AvgIpc) is 3.07. The molecule has 0 aliphatic carbocycles. The Balaban J connectivity index is 1.26. The molecule has 29 heavy (non-hydrogen) atoms. The van der Waals surface area contributed by atoms with Crippen LogP contribution in [0.2, 0.25) is 0 Å². The molecule has 2 aliphatic rings. The molecule has 1 fully saturated rings. The Morgan fingerprint density at radius 2 is 1.66 bits per heavy atom. The number of fused-ring (bicyclic) bond motifs is 1. The molecule has 0 atom stereocenters. The van der Waals surface area contributed by atoms with Gasteiger partial charge in [-0.15, -0.1) is 0 Å². The van der Waals surface area contributed by atoms with Gasteiger partial charge in [-0.05, 0) is 43.3 Å². The second kappa shape index (κ2) is 8.29. The molecule has 1 aromatic heterocycles. The summed E-state index contributed by atoms with van der Waals surface area (Å²) in [6.45, 7) is 6.00. The van der Waals surface area contributed by atoms with Crippen LogP contribution in [-0.4, -0.2) is 77.0 Å². The van der Waals surface area contributed by atoms with E-state index in [0.29, 0.717) is 36.5 Å². The fourth-order valence-electron chi connectivity index (χ4n) is 4.27. The molecule has 2 aliphatic heterocycles. The molecule has 1 aromatic carbocycles. The molecule has 3 heterocycles. The molecule has 2 aromatic rings. The summed E-state index contributed by atoms with van der Waals surface area (Å²) in [5.41, 5.74) is 2.22. The molecule has 0 radical (unpaired) electrons. The molecule has 154 valence electrons. The number of hydrogen-bond donors (Lipinski definition) is 1. The molecule has 4 rings (SSSR count). The summed E-state index contributed by atoms with van der Waals surface area (Å²) in [7, 11) is 1.82. The van der Waals surface area contributed by atoms with Gasteiger partial charge in [0.15, 0.2) is 5.78 Å². The first-order valence-corrected chi connectivity index (χ1v) is 10.3. The van der Waals surface area contributed by atoms with Crippen LogP contribution in [0.15, 0.2) is 36.5 Å². The minimum atomic E-state index is -0.0244. The van der Waals surface area contributed by atoms with E-state index in [1.807, 2.05) is 24.1 Å². The highest BCUT2D eigenvalue weighted by molar-refractivity contribution is 6.08. The number of ketones is 1. The summed E-state index contributed by atoms with van der Waals surface area (Å²) in [5, 5.41) is 9.43. The van der Waals surface area contributed by atoms with Crippen LogP contribution in [0.1, 0.15) is 33.7 Å². The maximum absolute atomic E-state index is 12.8. The number of amides is 1. The summed E-state index contributed by atoms with van der Waals surface area (Å²) in [5.74, 6) is 0.317. The molecule has 1 amide bonds. The van der Waals surface area contributed by atoms with Crippen LogP contribution in [-0.2, 0) is 7.05 Å². The highest BCUT2D eigenvalue weighted by atomic mass is 16.3. The van der Waals surface area contributed by atoms with Gasteiger partial charge >= 0.3 is 0 Å². The minimum Gasteiger partial charge on any atom is -0.508 e. The van der Waals surface area contributed by atoms with Crippen molar-refractivity contribution < 1.29 is 14.7 Å². The highest BCUT2D eigenvalue weighted by Crippen LogP contribution is 2.21. The molecular formula is C22H28N4O3. The van der Waals surface area contributed by atoms with Gasteiger partial charge in [0.1, 0.15) is 5.75 Å². The molecule has 1 N–H and O–H groups in total. The predicted octanol–water partition coefficient (Wildman–Crippen LogP) is 1.97. The maximum atomic E-state index is 12.8. The molecule has 0 spiro atoms. The molecule has 1 saturated heterocycles. The topological polar surface area (TPSA) is 69.0 Å². The number of phenolic OH excluding ortho intramolecular Hbond substituents is 1. The van der Waals surface area contributed by atoms with Crippen molar-refractivity contribution in [3.8, 4) is 5.75 Å².